The first kappa shape index (κ1) is 23.3. The van der Waals surface area contributed by atoms with E-state index in [2.05, 4.69) is 57.6 Å². The minimum absolute atomic E-state index is 0.260. The van der Waals surface area contributed by atoms with Crippen LogP contribution in [-0.2, 0) is 24.1 Å². The van der Waals surface area contributed by atoms with Crippen molar-refractivity contribution in [2.45, 2.75) is 38.6 Å². The Morgan fingerprint density at radius 2 is 1.79 bits per heavy atom. The molecule has 1 aliphatic heterocycles. The Balaban J connectivity index is 1.24. The third-order valence-electron chi connectivity index (χ3n) is 6.96. The molecule has 2 heterocycles. The summed E-state index contributed by atoms with van der Waals surface area (Å²) < 4.78 is 5.13. The molecule has 0 radical (unpaired) electrons. The van der Waals surface area contributed by atoms with Crippen LogP contribution in [0.15, 0.2) is 42.5 Å². The molecule has 0 bridgehead atoms. The van der Waals surface area contributed by atoms with Gasteiger partial charge < -0.3 is 15.0 Å². The maximum absolute atomic E-state index is 12.6. The highest BCUT2D eigenvalue weighted by Crippen LogP contribution is 2.38. The predicted octanol–water partition coefficient (Wildman–Crippen LogP) is 5.47. The molecule has 2 aromatic carbocycles. The third-order valence-corrected chi connectivity index (χ3v) is 8.53. The molecule has 1 N–H and O–H groups in total. The van der Waals surface area contributed by atoms with Gasteiger partial charge in [-0.15, -0.1) is 11.3 Å². The fourth-order valence-electron chi connectivity index (χ4n) is 5.11. The van der Waals surface area contributed by atoms with Crippen molar-refractivity contribution in [3.63, 3.8) is 0 Å². The number of ether oxygens (including phenoxy) is 1. The smallest absolute Gasteiger partial charge is 0.341 e. The number of methoxy groups -OCH3 is 1. The maximum Gasteiger partial charge on any atom is 0.341 e. The second-order valence-electron chi connectivity index (χ2n) is 9.09. The number of thiophene rings is 1. The average Bonchev–Trinajstić information content (AvgIpc) is 3.04. The molecule has 34 heavy (non-hydrogen) atoms. The monoisotopic (exact) mass is 493 g/mol. The van der Waals surface area contributed by atoms with Crippen LogP contribution in [0.5, 0.6) is 0 Å². The Labute approximate surface area is 210 Å². The van der Waals surface area contributed by atoms with Gasteiger partial charge in [0.1, 0.15) is 5.00 Å². The first-order valence-corrected chi connectivity index (χ1v) is 13.3. The Kier molecular flexibility index (Phi) is 7.13. The lowest BCUT2D eigenvalue weighted by Gasteiger charge is -2.36. The number of anilines is 1. The van der Waals surface area contributed by atoms with Gasteiger partial charge in [-0.1, -0.05) is 48.9 Å². The largest absolute Gasteiger partial charge is 0.465 e. The summed E-state index contributed by atoms with van der Waals surface area (Å²) in [7, 11) is 1.46. The number of nitrogens with zero attached hydrogens (tertiary/aromatic N) is 2. The number of nitrogens with one attached hydrogen (secondary N) is 1. The molecule has 0 atom stereocenters. The van der Waals surface area contributed by atoms with E-state index in [1.54, 1.807) is 11.3 Å². The number of fused-ring (bicyclic) bond motifs is 2. The van der Waals surface area contributed by atoms with E-state index in [0.717, 1.165) is 57.0 Å². The molecular weight excluding hydrogens is 462 g/mol. The summed E-state index contributed by atoms with van der Waals surface area (Å²) in [5, 5.41) is 7.59. The highest BCUT2D eigenvalue weighted by molar-refractivity contribution is 7.80. The maximum atomic E-state index is 12.6. The van der Waals surface area contributed by atoms with Crippen molar-refractivity contribution in [1.29, 1.82) is 0 Å². The molecule has 0 amide bonds. The van der Waals surface area contributed by atoms with Crippen LogP contribution in [0.1, 0.15) is 45.6 Å². The summed E-state index contributed by atoms with van der Waals surface area (Å²) >= 11 is 7.47. The Hall–Kier alpha value is -2.48. The molecule has 178 valence electrons. The summed E-state index contributed by atoms with van der Waals surface area (Å²) in [6.07, 6.45) is 5.49. The molecule has 2 aliphatic rings. The van der Waals surface area contributed by atoms with Crippen LogP contribution in [0.25, 0.3) is 10.8 Å². The Morgan fingerprint density at radius 1 is 1.03 bits per heavy atom. The minimum Gasteiger partial charge on any atom is -0.465 e. The summed E-state index contributed by atoms with van der Waals surface area (Å²) in [5.74, 6) is -0.260. The van der Waals surface area contributed by atoms with Crippen molar-refractivity contribution in [1.82, 2.24) is 9.80 Å². The van der Waals surface area contributed by atoms with Gasteiger partial charge in [0.2, 0.25) is 0 Å². The standard InChI is InChI=1S/C27H31N3O2S2/c1-32-26(31)24-22-12-3-2-4-13-23(22)34-25(24)28-27(33)30-16-14-29(15-17-30)18-20-10-7-9-19-8-5-6-11-21(19)20/h5-11H,2-4,12-18H2,1H3,(H,28,33). The number of carbonyl (C=O) groups excluding carboxylic acids is 1. The first-order chi connectivity index (χ1) is 16.6. The number of carbonyl (C=O) groups is 1. The number of benzene rings is 2. The highest BCUT2D eigenvalue weighted by atomic mass is 32.1. The SMILES string of the molecule is COC(=O)c1c(NC(=S)N2CCN(Cc3cccc4ccccc34)CC2)sc2c1CCCCC2. The van der Waals surface area contributed by atoms with Crippen LogP contribution < -0.4 is 5.32 Å². The molecule has 5 rings (SSSR count). The second-order valence-corrected chi connectivity index (χ2v) is 10.6. The Morgan fingerprint density at radius 3 is 2.62 bits per heavy atom. The van der Waals surface area contributed by atoms with Gasteiger partial charge in [0.15, 0.2) is 5.11 Å². The number of hydrogen-bond acceptors (Lipinski definition) is 5. The number of rotatable bonds is 4. The van der Waals surface area contributed by atoms with Crippen molar-refractivity contribution >= 4 is 50.4 Å². The molecule has 1 aliphatic carbocycles. The number of aryl methyl sites for hydroxylation is 1. The zero-order valence-electron chi connectivity index (χ0n) is 19.6. The Bertz CT molecular complexity index is 1190. The molecule has 0 saturated carbocycles. The fourth-order valence-corrected chi connectivity index (χ4v) is 6.73. The zero-order valence-corrected chi connectivity index (χ0v) is 21.3. The summed E-state index contributed by atoms with van der Waals surface area (Å²) in [5.41, 5.74) is 3.23. The van der Waals surface area contributed by atoms with Crippen LogP contribution in [0.3, 0.4) is 0 Å². The van der Waals surface area contributed by atoms with Crippen molar-refractivity contribution in [2.75, 3.05) is 38.6 Å². The van der Waals surface area contributed by atoms with Crippen LogP contribution in [0, 0.1) is 0 Å². The van der Waals surface area contributed by atoms with E-state index >= 15 is 0 Å². The van der Waals surface area contributed by atoms with Crippen LogP contribution >= 0.6 is 23.6 Å². The summed E-state index contributed by atoms with van der Waals surface area (Å²) in [4.78, 5) is 18.7. The van der Waals surface area contributed by atoms with Crippen LogP contribution in [-0.4, -0.2) is 54.2 Å². The van der Waals surface area contributed by atoms with E-state index in [9.17, 15) is 4.79 Å². The lowest BCUT2D eigenvalue weighted by Crippen LogP contribution is -2.49. The van der Waals surface area contributed by atoms with E-state index in [-0.39, 0.29) is 5.97 Å². The quantitative estimate of drug-likeness (QED) is 0.295. The normalized spacial score (nSPS) is 16.7. The molecular formula is C27H31N3O2S2. The van der Waals surface area contributed by atoms with E-state index in [1.807, 2.05) is 0 Å². The van der Waals surface area contributed by atoms with Gasteiger partial charge in [-0.2, -0.15) is 0 Å². The minimum atomic E-state index is -0.260. The van der Waals surface area contributed by atoms with Gasteiger partial charge in [-0.05, 0) is 59.8 Å². The molecule has 0 unspecified atom stereocenters. The molecule has 1 fully saturated rings. The van der Waals surface area contributed by atoms with Crippen LogP contribution in [0.4, 0.5) is 5.00 Å². The lowest BCUT2D eigenvalue weighted by atomic mass is 10.0. The topological polar surface area (TPSA) is 44.8 Å². The average molecular weight is 494 g/mol. The molecule has 1 aromatic heterocycles. The van der Waals surface area contributed by atoms with Gasteiger partial charge in [0.05, 0.1) is 12.7 Å². The van der Waals surface area contributed by atoms with E-state index in [4.69, 9.17) is 17.0 Å². The number of thiocarbonyl (C=S) groups is 1. The van der Waals surface area contributed by atoms with E-state index < -0.39 is 0 Å². The molecule has 0 spiro atoms. The van der Waals surface area contributed by atoms with E-state index in [0.29, 0.717) is 10.7 Å². The van der Waals surface area contributed by atoms with Gasteiger partial charge >= 0.3 is 5.97 Å². The molecule has 7 heteroatoms. The predicted molar refractivity (Wildman–Crippen MR) is 144 cm³/mol. The molecule has 1 saturated heterocycles. The van der Waals surface area contributed by atoms with Crippen molar-refractivity contribution < 1.29 is 9.53 Å². The van der Waals surface area contributed by atoms with Gasteiger partial charge in [0.25, 0.3) is 0 Å². The molecule has 5 nitrogen and oxygen atoms in total. The zero-order chi connectivity index (χ0) is 23.5. The van der Waals surface area contributed by atoms with Gasteiger partial charge in [-0.25, -0.2) is 4.79 Å². The van der Waals surface area contributed by atoms with Crippen molar-refractivity contribution in [2.24, 2.45) is 0 Å². The van der Waals surface area contributed by atoms with Crippen LogP contribution in [0.2, 0.25) is 0 Å². The summed E-state index contributed by atoms with van der Waals surface area (Å²) in [6.45, 7) is 4.59. The van der Waals surface area contributed by atoms with E-state index in [1.165, 1.54) is 46.7 Å². The first-order valence-electron chi connectivity index (χ1n) is 12.1. The number of piperazine rings is 1. The van der Waals surface area contributed by atoms with Crippen molar-refractivity contribution in [3.8, 4) is 0 Å². The third kappa shape index (κ3) is 4.83. The fraction of sp³-hybridized carbons (Fsp3) is 0.407. The lowest BCUT2D eigenvalue weighted by molar-refractivity contribution is 0.0601. The van der Waals surface area contributed by atoms with Gasteiger partial charge in [0, 0.05) is 37.6 Å². The number of hydrogen-bond donors (Lipinski definition) is 1. The second kappa shape index (κ2) is 10.4. The highest BCUT2D eigenvalue weighted by Gasteiger charge is 2.27. The van der Waals surface area contributed by atoms with Gasteiger partial charge in [-0.3, -0.25) is 4.90 Å². The van der Waals surface area contributed by atoms with Crippen molar-refractivity contribution in [3.05, 3.63) is 64.0 Å². The summed E-state index contributed by atoms with van der Waals surface area (Å²) in [6, 6.07) is 15.1. The number of esters is 1. The molecule has 3 aromatic rings.